The molecule has 0 bridgehead atoms. The number of carbonyl (C=O) groups excluding carboxylic acids is 1. The highest BCUT2D eigenvalue weighted by molar-refractivity contribution is 7.99. The number of thioether (sulfide) groups is 1. The number of aromatic nitrogens is 5. The average molecular weight is 488 g/mol. The van der Waals surface area contributed by atoms with Crippen LogP contribution < -0.4 is 9.64 Å². The summed E-state index contributed by atoms with van der Waals surface area (Å²) in [4.78, 5) is 25.6. The molecule has 178 valence electrons. The first-order valence-corrected chi connectivity index (χ1v) is 12.3. The van der Waals surface area contributed by atoms with Gasteiger partial charge in [-0.1, -0.05) is 17.8 Å². The van der Waals surface area contributed by atoms with E-state index in [2.05, 4.69) is 25.1 Å². The lowest BCUT2D eigenvalue weighted by Crippen LogP contribution is -2.49. The standard InChI is InChI=1S/C25H25N7O2S/c1-34-21-7-5-20(6-8-21)32-24(19-9-12-26-13-10-19)28-29-25(32)35-18-23(33)31-16-14-30(15-17-31)22-4-2-3-11-27-22/h2-13H,14-18H2,1H3. The number of nitrogens with zero attached hydrogens (tertiary/aromatic N) is 7. The van der Waals surface area contributed by atoms with Crippen LogP contribution in [-0.2, 0) is 4.79 Å². The van der Waals surface area contributed by atoms with E-state index in [4.69, 9.17) is 4.74 Å². The molecular formula is C25H25N7O2S. The van der Waals surface area contributed by atoms with Crippen LogP contribution >= 0.6 is 11.8 Å². The molecule has 0 unspecified atom stereocenters. The first-order chi connectivity index (χ1) is 17.2. The van der Waals surface area contributed by atoms with E-state index in [0.717, 1.165) is 35.9 Å². The molecule has 1 saturated heterocycles. The van der Waals surface area contributed by atoms with Gasteiger partial charge in [-0.05, 0) is 48.5 Å². The lowest BCUT2D eigenvalue weighted by atomic mass is 10.2. The highest BCUT2D eigenvalue weighted by Crippen LogP contribution is 2.29. The second-order valence-electron chi connectivity index (χ2n) is 7.92. The monoisotopic (exact) mass is 487 g/mol. The zero-order valence-corrected chi connectivity index (χ0v) is 20.1. The van der Waals surface area contributed by atoms with Crippen LogP contribution in [-0.4, -0.2) is 74.6 Å². The number of carbonyl (C=O) groups is 1. The Morgan fingerprint density at radius 2 is 1.71 bits per heavy atom. The van der Waals surface area contributed by atoms with Crippen molar-refractivity contribution < 1.29 is 9.53 Å². The van der Waals surface area contributed by atoms with Gasteiger partial charge < -0.3 is 14.5 Å². The minimum absolute atomic E-state index is 0.0883. The van der Waals surface area contributed by atoms with Crippen LogP contribution in [0.25, 0.3) is 17.1 Å². The molecule has 0 spiro atoms. The highest BCUT2D eigenvalue weighted by Gasteiger charge is 2.23. The summed E-state index contributed by atoms with van der Waals surface area (Å²) in [7, 11) is 1.64. The van der Waals surface area contributed by atoms with E-state index < -0.39 is 0 Å². The maximum Gasteiger partial charge on any atom is 0.233 e. The van der Waals surface area contributed by atoms with E-state index in [0.29, 0.717) is 24.1 Å². The molecule has 3 aromatic heterocycles. The third-order valence-electron chi connectivity index (χ3n) is 5.83. The number of ether oxygens (including phenoxy) is 1. The van der Waals surface area contributed by atoms with Gasteiger partial charge in [0.2, 0.25) is 5.91 Å². The third-order valence-corrected chi connectivity index (χ3v) is 6.75. The molecular weight excluding hydrogens is 462 g/mol. The van der Waals surface area contributed by atoms with Crippen molar-refractivity contribution in [2.75, 3.05) is 43.9 Å². The molecule has 10 heteroatoms. The Kier molecular flexibility index (Phi) is 6.89. The fourth-order valence-corrected chi connectivity index (χ4v) is 4.81. The Morgan fingerprint density at radius 3 is 2.40 bits per heavy atom. The molecule has 1 aliphatic heterocycles. The summed E-state index contributed by atoms with van der Waals surface area (Å²) in [6, 6.07) is 17.4. The molecule has 0 radical (unpaired) electrons. The molecule has 9 nitrogen and oxygen atoms in total. The van der Waals surface area contributed by atoms with E-state index in [1.165, 1.54) is 11.8 Å². The predicted octanol–water partition coefficient (Wildman–Crippen LogP) is 3.17. The Morgan fingerprint density at radius 1 is 0.943 bits per heavy atom. The first kappa shape index (κ1) is 22.9. The smallest absolute Gasteiger partial charge is 0.233 e. The Labute approximate surface area is 207 Å². The Balaban J connectivity index is 1.30. The summed E-state index contributed by atoms with van der Waals surface area (Å²) in [6.45, 7) is 2.87. The van der Waals surface area contributed by atoms with Crippen LogP contribution in [0.15, 0.2) is 78.3 Å². The first-order valence-electron chi connectivity index (χ1n) is 11.3. The predicted molar refractivity (Wildman–Crippen MR) is 135 cm³/mol. The molecule has 1 aliphatic rings. The van der Waals surface area contributed by atoms with Gasteiger partial charge >= 0.3 is 0 Å². The zero-order valence-electron chi connectivity index (χ0n) is 19.3. The molecule has 4 heterocycles. The van der Waals surface area contributed by atoms with E-state index in [1.54, 1.807) is 25.7 Å². The number of anilines is 1. The summed E-state index contributed by atoms with van der Waals surface area (Å²) in [5.74, 6) is 2.78. The Bertz CT molecular complexity index is 1260. The van der Waals surface area contributed by atoms with Crippen molar-refractivity contribution in [1.29, 1.82) is 0 Å². The van der Waals surface area contributed by atoms with Crippen molar-refractivity contribution >= 4 is 23.5 Å². The summed E-state index contributed by atoms with van der Waals surface area (Å²) < 4.78 is 7.27. The van der Waals surface area contributed by atoms with Gasteiger partial charge in [-0.3, -0.25) is 14.3 Å². The fraction of sp³-hybridized carbons (Fsp3) is 0.240. The van der Waals surface area contributed by atoms with Gasteiger partial charge in [0.1, 0.15) is 11.6 Å². The zero-order chi connectivity index (χ0) is 24.0. The number of methoxy groups -OCH3 is 1. The normalized spacial score (nSPS) is 13.6. The Hall–Kier alpha value is -3.92. The van der Waals surface area contributed by atoms with Gasteiger partial charge in [0, 0.05) is 56.0 Å². The topological polar surface area (TPSA) is 89.3 Å². The molecule has 0 atom stereocenters. The number of benzene rings is 1. The highest BCUT2D eigenvalue weighted by atomic mass is 32.2. The largest absolute Gasteiger partial charge is 0.497 e. The SMILES string of the molecule is COc1ccc(-n2c(SCC(=O)N3CCN(c4ccccn4)CC3)nnc2-c2ccncc2)cc1. The summed E-state index contributed by atoms with van der Waals surface area (Å²) >= 11 is 1.39. The van der Waals surface area contributed by atoms with E-state index >= 15 is 0 Å². The van der Waals surface area contributed by atoms with Gasteiger partial charge in [-0.15, -0.1) is 10.2 Å². The lowest BCUT2D eigenvalue weighted by Gasteiger charge is -2.35. The average Bonchev–Trinajstić information content (AvgIpc) is 3.37. The molecule has 1 aromatic carbocycles. The van der Waals surface area contributed by atoms with Crippen LogP contribution in [0.1, 0.15) is 0 Å². The number of amides is 1. The van der Waals surface area contributed by atoms with Gasteiger partial charge in [0.25, 0.3) is 0 Å². The molecule has 4 aromatic rings. The third kappa shape index (κ3) is 5.12. The molecule has 0 saturated carbocycles. The van der Waals surface area contributed by atoms with Gasteiger partial charge in [-0.25, -0.2) is 4.98 Å². The van der Waals surface area contributed by atoms with Gasteiger partial charge in [-0.2, -0.15) is 0 Å². The molecule has 1 amide bonds. The molecule has 0 aliphatic carbocycles. The maximum atomic E-state index is 13.0. The molecule has 0 N–H and O–H groups in total. The van der Waals surface area contributed by atoms with E-state index in [9.17, 15) is 4.79 Å². The number of hydrogen-bond donors (Lipinski definition) is 0. The minimum atomic E-state index is 0.0883. The number of piperazine rings is 1. The molecule has 5 rings (SSSR count). The van der Waals surface area contributed by atoms with Crippen molar-refractivity contribution in [3.8, 4) is 22.8 Å². The quantitative estimate of drug-likeness (QED) is 0.367. The fourth-order valence-electron chi connectivity index (χ4n) is 3.96. The number of rotatable bonds is 7. The maximum absolute atomic E-state index is 13.0. The van der Waals surface area contributed by atoms with Crippen molar-refractivity contribution in [3.05, 3.63) is 73.2 Å². The van der Waals surface area contributed by atoms with Crippen molar-refractivity contribution in [2.24, 2.45) is 0 Å². The molecule has 35 heavy (non-hydrogen) atoms. The summed E-state index contributed by atoms with van der Waals surface area (Å²) in [5.41, 5.74) is 1.79. The van der Waals surface area contributed by atoms with Crippen LogP contribution in [0.3, 0.4) is 0 Å². The molecule has 1 fully saturated rings. The van der Waals surface area contributed by atoms with E-state index in [1.807, 2.05) is 64.1 Å². The number of pyridine rings is 2. The summed E-state index contributed by atoms with van der Waals surface area (Å²) in [5, 5.41) is 9.51. The van der Waals surface area contributed by atoms with Crippen LogP contribution in [0.5, 0.6) is 5.75 Å². The van der Waals surface area contributed by atoms with Crippen molar-refractivity contribution in [2.45, 2.75) is 5.16 Å². The van der Waals surface area contributed by atoms with Gasteiger partial charge in [0.05, 0.1) is 12.9 Å². The van der Waals surface area contributed by atoms with E-state index in [-0.39, 0.29) is 11.7 Å². The van der Waals surface area contributed by atoms with Crippen LogP contribution in [0.4, 0.5) is 5.82 Å². The second-order valence-corrected chi connectivity index (χ2v) is 8.86. The number of hydrogen-bond acceptors (Lipinski definition) is 8. The van der Waals surface area contributed by atoms with Crippen LogP contribution in [0.2, 0.25) is 0 Å². The minimum Gasteiger partial charge on any atom is -0.497 e. The lowest BCUT2D eigenvalue weighted by molar-refractivity contribution is -0.128. The second kappa shape index (κ2) is 10.6. The van der Waals surface area contributed by atoms with Crippen LogP contribution in [0, 0.1) is 0 Å². The summed E-state index contributed by atoms with van der Waals surface area (Å²) in [6.07, 6.45) is 5.25. The van der Waals surface area contributed by atoms with Crippen molar-refractivity contribution in [3.63, 3.8) is 0 Å². The van der Waals surface area contributed by atoms with Gasteiger partial charge in [0.15, 0.2) is 11.0 Å². The van der Waals surface area contributed by atoms with Crippen molar-refractivity contribution in [1.82, 2.24) is 29.6 Å².